The number of aliphatic hydroxyl groups is 5. The summed E-state index contributed by atoms with van der Waals surface area (Å²) in [7, 11) is -5.13. The molecule has 6 unspecified atom stereocenters. The Hall–Kier alpha value is -2.45. The van der Waals surface area contributed by atoms with Gasteiger partial charge in [0.1, 0.15) is 43.2 Å². The Bertz CT molecular complexity index is 1330. The molecule has 1 aliphatic rings. The monoisotopic (exact) mass is 913 g/mol. The Balaban J connectivity index is 2.47. The lowest BCUT2D eigenvalue weighted by Gasteiger charge is -2.41. The topological polar surface area (TPSA) is 210 Å². The minimum atomic E-state index is -5.13. The Kier molecular flexibility index (Phi) is 36.1. The fourth-order valence-electron chi connectivity index (χ4n) is 6.92. The van der Waals surface area contributed by atoms with Gasteiger partial charge in [0.05, 0.1) is 6.61 Å². The molecule has 0 bridgehead atoms. The van der Waals surface area contributed by atoms with Crippen LogP contribution in [0.5, 0.6) is 0 Å². The number of unbranched alkanes of at least 4 members (excludes halogenated alkanes) is 17. The van der Waals surface area contributed by atoms with Gasteiger partial charge in [-0.15, -0.1) is 0 Å². The van der Waals surface area contributed by atoms with E-state index < -0.39 is 75.7 Å². The first-order valence-electron chi connectivity index (χ1n) is 24.1. The summed E-state index contributed by atoms with van der Waals surface area (Å²) in [6.45, 7) is 3.19. The lowest BCUT2D eigenvalue weighted by molar-refractivity contribution is -0.220. The zero-order chi connectivity index (χ0) is 46.4. The Morgan fingerprint density at radius 2 is 0.889 bits per heavy atom. The molecule has 1 fully saturated rings. The third-order valence-electron chi connectivity index (χ3n) is 10.8. The van der Waals surface area contributed by atoms with Crippen LogP contribution in [-0.4, -0.2) is 98.3 Å². The molecule has 0 aromatic heterocycles. The molecule has 0 heterocycles. The first-order chi connectivity index (χ1) is 30.4. The van der Waals surface area contributed by atoms with E-state index in [2.05, 4.69) is 74.6 Å². The third-order valence-corrected chi connectivity index (χ3v) is 11.8. The number of carbonyl (C=O) groups is 2. The zero-order valence-corrected chi connectivity index (χ0v) is 39.5. The summed E-state index contributed by atoms with van der Waals surface area (Å²) in [6, 6.07) is 0. The largest absolute Gasteiger partial charge is 0.472 e. The van der Waals surface area contributed by atoms with Gasteiger partial charge in [0.15, 0.2) is 6.10 Å². The molecule has 14 heteroatoms. The van der Waals surface area contributed by atoms with Crippen LogP contribution in [0.3, 0.4) is 0 Å². The van der Waals surface area contributed by atoms with Crippen LogP contribution < -0.4 is 0 Å². The molecule has 1 aliphatic carbocycles. The predicted molar refractivity (Wildman–Crippen MR) is 249 cm³/mol. The summed E-state index contributed by atoms with van der Waals surface area (Å²) in [5, 5.41) is 50.2. The van der Waals surface area contributed by atoms with Crippen molar-refractivity contribution in [1.29, 1.82) is 0 Å². The molecule has 6 N–H and O–H groups in total. The van der Waals surface area contributed by atoms with Crippen molar-refractivity contribution in [2.45, 2.75) is 224 Å². The average molecular weight is 913 g/mol. The Morgan fingerprint density at radius 1 is 0.492 bits per heavy atom. The molecule has 0 aliphatic heterocycles. The maximum absolute atomic E-state index is 12.8. The highest BCUT2D eigenvalue weighted by Gasteiger charge is 2.51. The molecule has 0 spiro atoms. The van der Waals surface area contributed by atoms with E-state index >= 15 is 0 Å². The second kappa shape index (κ2) is 38.8. The number of phosphoric ester groups is 1. The molecule has 0 aromatic carbocycles. The van der Waals surface area contributed by atoms with Crippen molar-refractivity contribution in [2.75, 3.05) is 13.2 Å². The number of phosphoric acid groups is 1. The molecule has 1 rings (SSSR count). The molecule has 63 heavy (non-hydrogen) atoms. The number of esters is 2. The van der Waals surface area contributed by atoms with Crippen LogP contribution in [0.15, 0.2) is 60.8 Å². The lowest BCUT2D eigenvalue weighted by Crippen LogP contribution is -2.64. The van der Waals surface area contributed by atoms with Crippen LogP contribution in [0.1, 0.15) is 181 Å². The van der Waals surface area contributed by atoms with E-state index in [1.807, 2.05) is 0 Å². The van der Waals surface area contributed by atoms with Crippen molar-refractivity contribution < 1.29 is 63.1 Å². The molecule has 8 atom stereocenters. The second-order valence-electron chi connectivity index (χ2n) is 16.6. The van der Waals surface area contributed by atoms with Gasteiger partial charge in [-0.25, -0.2) is 4.57 Å². The normalized spacial score (nSPS) is 22.2. The van der Waals surface area contributed by atoms with E-state index in [1.54, 1.807) is 0 Å². The second-order valence-corrected chi connectivity index (χ2v) is 18.0. The van der Waals surface area contributed by atoms with Gasteiger partial charge >= 0.3 is 19.8 Å². The van der Waals surface area contributed by atoms with Crippen molar-refractivity contribution in [3.05, 3.63) is 60.8 Å². The van der Waals surface area contributed by atoms with E-state index in [1.165, 1.54) is 64.2 Å². The molecular formula is C49H85O13P. The molecule has 364 valence electrons. The molecule has 0 saturated heterocycles. The highest BCUT2D eigenvalue weighted by atomic mass is 31.2. The van der Waals surface area contributed by atoms with Gasteiger partial charge in [-0.1, -0.05) is 152 Å². The molecule has 0 aromatic rings. The summed E-state index contributed by atoms with van der Waals surface area (Å²) in [6.07, 6.45) is 34.1. The van der Waals surface area contributed by atoms with Crippen LogP contribution in [-0.2, 0) is 32.7 Å². The molecule has 0 amide bonds. The number of ether oxygens (including phenoxy) is 2. The quantitative estimate of drug-likeness (QED) is 0.0147. The minimum Gasteiger partial charge on any atom is -0.462 e. The zero-order valence-electron chi connectivity index (χ0n) is 38.6. The fraction of sp³-hybridized carbons (Fsp3) is 0.755. The van der Waals surface area contributed by atoms with E-state index in [4.69, 9.17) is 18.5 Å². The van der Waals surface area contributed by atoms with Gasteiger partial charge in [0, 0.05) is 12.8 Å². The number of rotatable bonds is 39. The van der Waals surface area contributed by atoms with Crippen molar-refractivity contribution >= 4 is 19.8 Å². The van der Waals surface area contributed by atoms with Crippen LogP contribution in [0.25, 0.3) is 0 Å². The first-order valence-corrected chi connectivity index (χ1v) is 25.6. The number of hydrogen-bond donors (Lipinski definition) is 6. The van der Waals surface area contributed by atoms with E-state index in [0.29, 0.717) is 12.8 Å². The molecule has 1 saturated carbocycles. The fourth-order valence-corrected chi connectivity index (χ4v) is 7.89. The van der Waals surface area contributed by atoms with E-state index in [9.17, 15) is 44.6 Å². The third kappa shape index (κ3) is 31.2. The SMILES string of the molecule is CCC/C=C/C/C=C/C/C=C/C/C=C/CCCCCC(=O)O[C@@H](COC(=O)CCCCCCCCCCC/C=C/CCCCCC)COP(=O)(O)OC1C(O)C(O)C(O)[C@H](O)C1O. The van der Waals surface area contributed by atoms with Crippen LogP contribution in [0.2, 0.25) is 0 Å². The van der Waals surface area contributed by atoms with Gasteiger partial charge in [-0.3, -0.25) is 18.6 Å². The number of aliphatic hydroxyl groups excluding tert-OH is 5. The highest BCUT2D eigenvalue weighted by molar-refractivity contribution is 7.47. The van der Waals surface area contributed by atoms with Crippen LogP contribution in [0.4, 0.5) is 0 Å². The average Bonchev–Trinajstić information content (AvgIpc) is 3.26. The van der Waals surface area contributed by atoms with Gasteiger partial charge in [0.25, 0.3) is 0 Å². The van der Waals surface area contributed by atoms with Crippen molar-refractivity contribution in [1.82, 2.24) is 0 Å². The van der Waals surface area contributed by atoms with E-state index in [0.717, 1.165) is 77.0 Å². The minimum absolute atomic E-state index is 0.0568. The standard InChI is InChI=1S/C49H85O13P/c1-3-5-7-9-11-13-15-17-19-21-23-25-27-29-31-33-35-37-42(50)59-39-41(40-60-63(57,58)62-49-47(55)45(53)44(52)46(54)48(49)56)61-43(51)38-36-34-32-30-28-26-24-22-20-18-16-14-12-10-8-6-4-2/h8,10,13-16,20,22,26,28,41,44-49,52-56H,3-7,9,11-12,17-19,21,23-25,27,29-40H2,1-2H3,(H,57,58)/b10-8+,15-13+,16-14+,22-20+,28-26+/t41-,44?,45-,46?,47?,48?,49?/m0/s1. The van der Waals surface area contributed by atoms with Crippen LogP contribution >= 0.6 is 7.82 Å². The highest BCUT2D eigenvalue weighted by Crippen LogP contribution is 2.47. The van der Waals surface area contributed by atoms with Crippen molar-refractivity contribution in [3.8, 4) is 0 Å². The van der Waals surface area contributed by atoms with Crippen molar-refractivity contribution in [2.24, 2.45) is 0 Å². The van der Waals surface area contributed by atoms with Gasteiger partial charge in [0.2, 0.25) is 0 Å². The summed E-state index contributed by atoms with van der Waals surface area (Å²) in [5.74, 6) is -1.14. The lowest BCUT2D eigenvalue weighted by atomic mass is 9.85. The Morgan fingerprint density at radius 3 is 1.40 bits per heavy atom. The first kappa shape index (κ1) is 58.6. The summed E-state index contributed by atoms with van der Waals surface area (Å²) < 4.78 is 33.5. The van der Waals surface area contributed by atoms with Gasteiger partial charge in [-0.2, -0.15) is 0 Å². The number of hydrogen-bond acceptors (Lipinski definition) is 12. The Labute approximate surface area is 379 Å². The van der Waals surface area contributed by atoms with Gasteiger partial charge < -0.3 is 39.9 Å². The molecule has 13 nitrogen and oxygen atoms in total. The smallest absolute Gasteiger partial charge is 0.462 e. The van der Waals surface area contributed by atoms with Crippen LogP contribution in [0, 0.1) is 0 Å². The molecule has 0 radical (unpaired) electrons. The van der Waals surface area contributed by atoms with E-state index in [-0.39, 0.29) is 12.8 Å². The van der Waals surface area contributed by atoms with Gasteiger partial charge in [-0.05, 0) is 77.0 Å². The number of carbonyl (C=O) groups excluding carboxylic acids is 2. The predicted octanol–water partition coefficient (Wildman–Crippen LogP) is 9.73. The summed E-state index contributed by atoms with van der Waals surface area (Å²) in [5.41, 5.74) is 0. The summed E-state index contributed by atoms with van der Waals surface area (Å²) >= 11 is 0. The van der Waals surface area contributed by atoms with Crippen molar-refractivity contribution in [3.63, 3.8) is 0 Å². The number of allylic oxidation sites excluding steroid dienone is 10. The summed E-state index contributed by atoms with van der Waals surface area (Å²) in [4.78, 5) is 35.7. The molecular weight excluding hydrogens is 828 g/mol. The maximum Gasteiger partial charge on any atom is 0.472 e. The maximum atomic E-state index is 12.8.